The fourth-order valence-electron chi connectivity index (χ4n) is 1.08. The first-order chi connectivity index (χ1) is 6.49. The Kier molecular flexibility index (Phi) is 3.44. The van der Waals surface area contributed by atoms with Crippen molar-refractivity contribution in [1.82, 2.24) is 0 Å². The van der Waals surface area contributed by atoms with E-state index in [9.17, 15) is 13.2 Å². The molecule has 0 aliphatic rings. The number of aliphatic hydroxyl groups excluding tert-OH is 1. The van der Waals surface area contributed by atoms with E-state index in [-0.39, 0.29) is 5.56 Å². The second-order valence-electron chi connectivity index (χ2n) is 2.68. The Morgan fingerprint density at radius 1 is 1.36 bits per heavy atom. The molecule has 0 spiro atoms. The van der Waals surface area contributed by atoms with Crippen molar-refractivity contribution < 1.29 is 18.3 Å². The highest BCUT2D eigenvalue weighted by atomic mass is 32.2. The summed E-state index contributed by atoms with van der Waals surface area (Å²) in [6, 6.07) is 3.91. The second-order valence-corrected chi connectivity index (χ2v) is 3.56. The van der Waals surface area contributed by atoms with Crippen LogP contribution < -0.4 is 0 Å². The molecule has 0 radical (unpaired) electrons. The topological polar surface area (TPSA) is 20.2 Å². The lowest BCUT2D eigenvalue weighted by atomic mass is 10.1. The van der Waals surface area contributed by atoms with Gasteiger partial charge in [-0.1, -0.05) is 6.07 Å². The molecule has 0 aliphatic carbocycles. The van der Waals surface area contributed by atoms with E-state index in [1.165, 1.54) is 17.8 Å². The summed E-state index contributed by atoms with van der Waals surface area (Å²) in [5, 5.41) is 8.74. The maximum Gasteiger partial charge on any atom is 0.416 e. The predicted octanol–water partition coefficient (Wildman–Crippen LogP) is 2.92. The van der Waals surface area contributed by atoms with Gasteiger partial charge in [0, 0.05) is 4.90 Å². The molecule has 1 aromatic carbocycles. The van der Waals surface area contributed by atoms with Crippen LogP contribution in [0.25, 0.3) is 0 Å². The molecule has 0 fully saturated rings. The van der Waals surface area contributed by atoms with E-state index in [0.717, 1.165) is 6.07 Å². The molecule has 0 aromatic heterocycles. The van der Waals surface area contributed by atoms with Gasteiger partial charge in [-0.3, -0.25) is 0 Å². The first-order valence-electron chi connectivity index (χ1n) is 3.84. The normalized spacial score (nSPS) is 11.8. The van der Waals surface area contributed by atoms with E-state index in [1.807, 2.05) is 0 Å². The van der Waals surface area contributed by atoms with Crippen molar-refractivity contribution in [3.05, 3.63) is 29.3 Å². The van der Waals surface area contributed by atoms with Gasteiger partial charge in [-0.2, -0.15) is 13.2 Å². The van der Waals surface area contributed by atoms with Gasteiger partial charge in [-0.15, -0.1) is 11.8 Å². The van der Waals surface area contributed by atoms with Gasteiger partial charge in [-0.25, -0.2) is 0 Å². The lowest BCUT2D eigenvalue weighted by Crippen LogP contribution is -2.09. The van der Waals surface area contributed by atoms with Crippen LogP contribution in [-0.2, 0) is 12.8 Å². The third-order valence-electron chi connectivity index (χ3n) is 1.79. The Morgan fingerprint density at radius 2 is 2.00 bits per heavy atom. The van der Waals surface area contributed by atoms with E-state index >= 15 is 0 Å². The minimum absolute atomic E-state index is 0.0877. The third kappa shape index (κ3) is 2.42. The average Bonchev–Trinajstić information content (AvgIpc) is 2.15. The first-order valence-corrected chi connectivity index (χ1v) is 5.06. The van der Waals surface area contributed by atoms with Crippen LogP contribution in [0.1, 0.15) is 11.1 Å². The molecule has 0 heterocycles. The van der Waals surface area contributed by atoms with Gasteiger partial charge in [0.05, 0.1) is 12.2 Å². The maximum absolute atomic E-state index is 12.4. The molecule has 5 heteroatoms. The van der Waals surface area contributed by atoms with Crippen LogP contribution in [-0.4, -0.2) is 11.4 Å². The van der Waals surface area contributed by atoms with Gasteiger partial charge in [-0.05, 0) is 24.0 Å². The summed E-state index contributed by atoms with van der Waals surface area (Å²) in [6.45, 7) is -0.594. The largest absolute Gasteiger partial charge is 0.416 e. The molecule has 0 saturated heterocycles. The van der Waals surface area contributed by atoms with Gasteiger partial charge in [0.25, 0.3) is 0 Å². The Balaban J connectivity index is 3.22. The van der Waals surface area contributed by atoms with Gasteiger partial charge in [0.15, 0.2) is 0 Å². The van der Waals surface area contributed by atoms with Crippen LogP contribution in [0.4, 0.5) is 13.2 Å². The van der Waals surface area contributed by atoms with E-state index in [4.69, 9.17) is 5.11 Å². The molecule has 0 atom stereocenters. The van der Waals surface area contributed by atoms with E-state index in [0.29, 0.717) is 4.90 Å². The Hall–Kier alpha value is -0.680. The van der Waals surface area contributed by atoms with Crippen LogP contribution in [0.5, 0.6) is 0 Å². The number of halogens is 3. The summed E-state index contributed by atoms with van der Waals surface area (Å²) < 4.78 is 37.3. The summed E-state index contributed by atoms with van der Waals surface area (Å²) >= 11 is 1.24. The number of alkyl halides is 3. The average molecular weight is 222 g/mol. The van der Waals surface area contributed by atoms with Crippen molar-refractivity contribution in [2.45, 2.75) is 17.7 Å². The molecule has 1 N–H and O–H groups in total. The van der Waals surface area contributed by atoms with Crippen molar-refractivity contribution in [3.63, 3.8) is 0 Å². The summed E-state index contributed by atoms with van der Waals surface area (Å²) in [4.78, 5) is 0.537. The van der Waals surface area contributed by atoms with Gasteiger partial charge >= 0.3 is 6.18 Å². The van der Waals surface area contributed by atoms with Crippen molar-refractivity contribution in [2.75, 3.05) is 6.26 Å². The molecule has 0 aliphatic heterocycles. The van der Waals surface area contributed by atoms with Crippen LogP contribution in [0.3, 0.4) is 0 Å². The molecule has 1 aromatic rings. The molecule has 0 saturated carbocycles. The summed E-state index contributed by atoms with van der Waals surface area (Å²) in [5.74, 6) is 0. The molecule has 0 unspecified atom stereocenters. The zero-order chi connectivity index (χ0) is 10.8. The van der Waals surface area contributed by atoms with Crippen LogP contribution >= 0.6 is 11.8 Å². The molecular weight excluding hydrogens is 213 g/mol. The lowest BCUT2D eigenvalue weighted by molar-refractivity contribution is -0.138. The fraction of sp³-hybridized carbons (Fsp3) is 0.333. The van der Waals surface area contributed by atoms with Crippen LogP contribution in [0, 0.1) is 0 Å². The molecular formula is C9H9F3OS. The lowest BCUT2D eigenvalue weighted by Gasteiger charge is -2.12. The molecule has 1 nitrogen and oxygen atoms in total. The van der Waals surface area contributed by atoms with Gasteiger partial charge in [0.1, 0.15) is 0 Å². The van der Waals surface area contributed by atoms with Crippen molar-refractivity contribution in [2.24, 2.45) is 0 Å². The Bertz CT molecular complexity index is 322. The quantitative estimate of drug-likeness (QED) is 0.776. The molecule has 0 amide bonds. The second kappa shape index (κ2) is 4.23. The highest BCUT2D eigenvalue weighted by Crippen LogP contribution is 2.34. The number of hydrogen-bond acceptors (Lipinski definition) is 2. The highest BCUT2D eigenvalue weighted by molar-refractivity contribution is 7.98. The minimum atomic E-state index is -4.40. The summed E-state index contributed by atoms with van der Waals surface area (Å²) in [7, 11) is 0. The monoisotopic (exact) mass is 222 g/mol. The fourth-order valence-corrected chi connectivity index (χ4v) is 1.52. The SMILES string of the molecule is CSc1ccc(CO)c(C(F)(F)F)c1. The van der Waals surface area contributed by atoms with Gasteiger partial charge < -0.3 is 5.11 Å². The zero-order valence-corrected chi connectivity index (χ0v) is 8.25. The number of benzene rings is 1. The van der Waals surface area contributed by atoms with Crippen molar-refractivity contribution in [3.8, 4) is 0 Å². The number of hydrogen-bond donors (Lipinski definition) is 1. The first kappa shape index (κ1) is 11.4. The minimum Gasteiger partial charge on any atom is -0.392 e. The molecule has 0 bridgehead atoms. The standard InChI is InChI=1S/C9H9F3OS/c1-14-7-3-2-6(5-13)8(4-7)9(10,11)12/h2-4,13H,5H2,1H3. The number of rotatable bonds is 2. The van der Waals surface area contributed by atoms with Crippen LogP contribution in [0.2, 0.25) is 0 Å². The molecule has 1 rings (SSSR count). The summed E-state index contributed by atoms with van der Waals surface area (Å²) in [6.07, 6.45) is -2.70. The van der Waals surface area contributed by atoms with Crippen molar-refractivity contribution >= 4 is 11.8 Å². The highest BCUT2D eigenvalue weighted by Gasteiger charge is 2.33. The van der Waals surface area contributed by atoms with Gasteiger partial charge in [0.2, 0.25) is 0 Å². The number of aliphatic hydroxyl groups is 1. The van der Waals surface area contributed by atoms with E-state index < -0.39 is 18.3 Å². The maximum atomic E-state index is 12.4. The smallest absolute Gasteiger partial charge is 0.392 e. The number of thioether (sulfide) groups is 1. The van der Waals surface area contributed by atoms with Crippen molar-refractivity contribution in [1.29, 1.82) is 0 Å². The Labute approximate surface area is 83.9 Å². The third-order valence-corrected chi connectivity index (χ3v) is 2.52. The molecule has 78 valence electrons. The van der Waals surface area contributed by atoms with E-state index in [2.05, 4.69) is 0 Å². The molecule has 14 heavy (non-hydrogen) atoms. The Morgan fingerprint density at radius 3 is 2.43 bits per heavy atom. The predicted molar refractivity (Wildman–Crippen MR) is 49.1 cm³/mol. The van der Waals surface area contributed by atoms with E-state index in [1.54, 1.807) is 12.3 Å². The zero-order valence-electron chi connectivity index (χ0n) is 7.43. The van der Waals surface area contributed by atoms with Crippen LogP contribution in [0.15, 0.2) is 23.1 Å². The summed E-state index contributed by atoms with van der Waals surface area (Å²) in [5.41, 5.74) is -0.845.